The van der Waals surface area contributed by atoms with Crippen LogP contribution in [0.4, 0.5) is 4.39 Å². The maximum atomic E-state index is 12.5. The molecule has 1 aliphatic heterocycles. The first kappa shape index (κ1) is 17.2. The van der Waals surface area contributed by atoms with Crippen molar-refractivity contribution in [1.82, 2.24) is 4.98 Å². The summed E-state index contributed by atoms with van der Waals surface area (Å²) in [7, 11) is 0. The van der Waals surface area contributed by atoms with Gasteiger partial charge in [0.1, 0.15) is 12.3 Å². The van der Waals surface area contributed by atoms with E-state index >= 15 is 0 Å². The van der Waals surface area contributed by atoms with Crippen LogP contribution in [0.1, 0.15) is 36.5 Å². The van der Waals surface area contributed by atoms with E-state index in [-0.39, 0.29) is 5.25 Å². The normalized spacial score (nSPS) is 17.1. The number of ether oxygens (including phenoxy) is 2. The molecule has 0 bridgehead atoms. The van der Waals surface area contributed by atoms with Crippen LogP contribution in [0, 0.1) is 5.92 Å². The van der Waals surface area contributed by atoms with E-state index in [9.17, 15) is 9.18 Å². The highest BCUT2D eigenvalue weighted by atomic mass is 32.2. The molecular weight excluding hydrogens is 305 g/mol. The number of aldehydes is 1. The Kier molecular flexibility index (Phi) is 7.66. The molecule has 1 aliphatic rings. The zero-order valence-corrected chi connectivity index (χ0v) is 13.4. The van der Waals surface area contributed by atoms with E-state index in [4.69, 9.17) is 9.47 Å². The van der Waals surface area contributed by atoms with Crippen molar-refractivity contribution in [3.05, 3.63) is 23.9 Å². The fraction of sp³-hybridized carbons (Fsp3) is 0.625. The third-order valence-electron chi connectivity index (χ3n) is 3.82. The molecule has 122 valence electrons. The minimum Gasteiger partial charge on any atom is -0.478 e. The summed E-state index contributed by atoms with van der Waals surface area (Å²) in [5.41, 5.74) is 0.853. The summed E-state index contributed by atoms with van der Waals surface area (Å²) in [6.45, 7) is 2.35. The molecule has 0 N–H and O–H groups in total. The predicted molar refractivity (Wildman–Crippen MR) is 84.9 cm³/mol. The van der Waals surface area contributed by atoms with Gasteiger partial charge in [-0.05, 0) is 30.7 Å². The Morgan fingerprint density at radius 1 is 1.45 bits per heavy atom. The van der Waals surface area contributed by atoms with Gasteiger partial charge in [0.05, 0.1) is 6.61 Å². The summed E-state index contributed by atoms with van der Waals surface area (Å²) >= 11 is 1.11. The second-order valence-corrected chi connectivity index (χ2v) is 6.41. The first-order valence-corrected chi connectivity index (χ1v) is 8.66. The Labute approximate surface area is 134 Å². The van der Waals surface area contributed by atoms with Gasteiger partial charge in [-0.3, -0.25) is 0 Å². The van der Waals surface area contributed by atoms with Crippen molar-refractivity contribution < 1.29 is 18.7 Å². The minimum atomic E-state index is -0.512. The molecule has 4 nitrogen and oxygen atoms in total. The van der Waals surface area contributed by atoms with Gasteiger partial charge in [-0.25, -0.2) is 9.37 Å². The van der Waals surface area contributed by atoms with E-state index in [0.717, 1.165) is 56.1 Å². The van der Waals surface area contributed by atoms with Gasteiger partial charge >= 0.3 is 0 Å². The molecular formula is C16H22FNO3S. The van der Waals surface area contributed by atoms with Crippen LogP contribution in [-0.2, 0) is 9.53 Å². The molecule has 0 aromatic carbocycles. The van der Waals surface area contributed by atoms with E-state index < -0.39 is 6.01 Å². The molecule has 0 amide bonds. The lowest BCUT2D eigenvalue weighted by Crippen LogP contribution is -2.17. The zero-order valence-electron chi connectivity index (χ0n) is 12.6. The molecule has 1 atom stereocenters. The van der Waals surface area contributed by atoms with Crippen molar-refractivity contribution in [3.63, 3.8) is 0 Å². The maximum absolute atomic E-state index is 12.5. The third-order valence-corrected chi connectivity index (χ3v) is 4.82. The largest absolute Gasteiger partial charge is 0.478 e. The van der Waals surface area contributed by atoms with Crippen LogP contribution in [0.3, 0.4) is 0 Å². The number of halogens is 1. The molecule has 22 heavy (non-hydrogen) atoms. The molecule has 6 heteroatoms. The van der Waals surface area contributed by atoms with Crippen molar-refractivity contribution in [2.24, 2.45) is 5.92 Å². The molecule has 1 saturated heterocycles. The lowest BCUT2D eigenvalue weighted by atomic mass is 9.97. The van der Waals surface area contributed by atoms with E-state index in [1.165, 1.54) is 0 Å². The van der Waals surface area contributed by atoms with Gasteiger partial charge in [-0.1, -0.05) is 6.07 Å². The van der Waals surface area contributed by atoms with Crippen LogP contribution in [0.25, 0.3) is 0 Å². The number of thioether (sulfide) groups is 1. The summed E-state index contributed by atoms with van der Waals surface area (Å²) in [5.74, 6) is 1.25. The Morgan fingerprint density at radius 2 is 2.27 bits per heavy atom. The van der Waals surface area contributed by atoms with E-state index in [2.05, 4.69) is 4.98 Å². The second-order valence-electron chi connectivity index (χ2n) is 5.29. The number of nitrogens with zero attached hydrogens (tertiary/aromatic N) is 1. The van der Waals surface area contributed by atoms with Crippen LogP contribution in [0.2, 0.25) is 0 Å². The first-order chi connectivity index (χ1) is 10.8. The Bertz CT molecular complexity index is 438. The molecule has 0 aliphatic carbocycles. The highest BCUT2D eigenvalue weighted by molar-refractivity contribution is 7.99. The topological polar surface area (TPSA) is 48.4 Å². The van der Waals surface area contributed by atoms with Crippen molar-refractivity contribution >= 4 is 18.0 Å². The molecule has 0 radical (unpaired) electrons. The number of alkyl halides is 1. The van der Waals surface area contributed by atoms with Crippen LogP contribution >= 0.6 is 11.8 Å². The fourth-order valence-corrected chi connectivity index (χ4v) is 3.20. The van der Waals surface area contributed by atoms with Gasteiger partial charge < -0.3 is 14.3 Å². The van der Waals surface area contributed by atoms with Crippen LogP contribution in [0.15, 0.2) is 18.3 Å². The molecule has 0 spiro atoms. The molecule has 1 unspecified atom stereocenters. The van der Waals surface area contributed by atoms with E-state index in [0.29, 0.717) is 24.8 Å². The molecule has 2 rings (SSSR count). The summed E-state index contributed by atoms with van der Waals surface area (Å²) < 4.78 is 23.5. The van der Waals surface area contributed by atoms with Gasteiger partial charge in [0.2, 0.25) is 5.88 Å². The average molecular weight is 327 g/mol. The lowest BCUT2D eigenvalue weighted by molar-refractivity contribution is -0.107. The Balaban J connectivity index is 1.79. The third kappa shape index (κ3) is 5.57. The van der Waals surface area contributed by atoms with Crippen LogP contribution < -0.4 is 4.74 Å². The standard InChI is InChI=1S/C16H22FNO3S/c17-12-22-15(3-7-19)14-1-2-16(18-11-14)21-10-6-13-4-8-20-9-5-13/h1-2,7,11,13,15H,3-6,8-10,12H2. The SMILES string of the molecule is O=CCC(SCF)c1ccc(OCCC2CCOCC2)nc1. The van der Waals surface area contributed by atoms with Crippen molar-refractivity contribution in [2.75, 3.05) is 25.8 Å². The maximum Gasteiger partial charge on any atom is 0.213 e. The van der Waals surface area contributed by atoms with Gasteiger partial charge in [-0.15, -0.1) is 11.8 Å². The highest BCUT2D eigenvalue weighted by Gasteiger charge is 2.14. The molecule has 2 heterocycles. The number of hydrogen-bond donors (Lipinski definition) is 0. The van der Waals surface area contributed by atoms with E-state index in [1.54, 1.807) is 12.3 Å². The Morgan fingerprint density at radius 3 is 2.91 bits per heavy atom. The fourth-order valence-electron chi connectivity index (χ4n) is 2.50. The van der Waals surface area contributed by atoms with Gasteiger partial charge in [0.25, 0.3) is 0 Å². The predicted octanol–water partition coefficient (Wildman–Crippen LogP) is 3.57. The quantitative estimate of drug-likeness (QED) is 0.649. The summed E-state index contributed by atoms with van der Waals surface area (Å²) in [5, 5.41) is -0.175. The van der Waals surface area contributed by atoms with Crippen molar-refractivity contribution in [2.45, 2.75) is 30.9 Å². The van der Waals surface area contributed by atoms with E-state index in [1.807, 2.05) is 6.07 Å². The summed E-state index contributed by atoms with van der Waals surface area (Å²) in [6.07, 6.45) is 5.98. The van der Waals surface area contributed by atoms with Gasteiger partial charge in [-0.2, -0.15) is 0 Å². The van der Waals surface area contributed by atoms with Gasteiger partial charge in [0.15, 0.2) is 0 Å². The molecule has 1 aromatic heterocycles. The number of pyridine rings is 1. The Hall–Kier alpha value is -1.14. The first-order valence-electron chi connectivity index (χ1n) is 7.61. The number of hydrogen-bond acceptors (Lipinski definition) is 5. The minimum absolute atomic E-state index is 0.175. The lowest BCUT2D eigenvalue weighted by Gasteiger charge is -2.21. The number of rotatable bonds is 9. The number of aromatic nitrogens is 1. The van der Waals surface area contributed by atoms with Crippen molar-refractivity contribution in [3.8, 4) is 5.88 Å². The second kappa shape index (κ2) is 9.79. The molecule has 0 saturated carbocycles. The van der Waals surface area contributed by atoms with Crippen molar-refractivity contribution in [1.29, 1.82) is 0 Å². The zero-order chi connectivity index (χ0) is 15.6. The summed E-state index contributed by atoms with van der Waals surface area (Å²) in [6, 6.07) is 3.13. The monoisotopic (exact) mass is 327 g/mol. The van der Waals surface area contributed by atoms with Crippen LogP contribution in [0.5, 0.6) is 5.88 Å². The highest BCUT2D eigenvalue weighted by Crippen LogP contribution is 2.31. The molecule has 1 aromatic rings. The summed E-state index contributed by atoms with van der Waals surface area (Å²) in [4.78, 5) is 14.9. The van der Waals surface area contributed by atoms with Crippen LogP contribution in [-0.4, -0.2) is 37.1 Å². The number of carbonyl (C=O) groups excluding carboxylic acids is 1. The molecule has 1 fully saturated rings. The smallest absolute Gasteiger partial charge is 0.213 e. The van der Waals surface area contributed by atoms with Gasteiger partial charge in [0, 0.05) is 37.1 Å². The number of carbonyl (C=O) groups is 1. The average Bonchev–Trinajstić information content (AvgIpc) is 2.56.